The largest absolute Gasteiger partial charge is 0.492 e. The van der Waals surface area contributed by atoms with E-state index in [4.69, 9.17) is 4.74 Å². The van der Waals surface area contributed by atoms with E-state index >= 15 is 0 Å². The summed E-state index contributed by atoms with van der Waals surface area (Å²) in [6.07, 6.45) is 0. The maximum atomic E-state index is 13.0. The van der Waals surface area contributed by atoms with Crippen LogP contribution in [0, 0.1) is 13.8 Å². The summed E-state index contributed by atoms with van der Waals surface area (Å²) < 4.78 is 61.1. The number of aryl methyl sites for hydroxylation is 2. The van der Waals surface area contributed by atoms with Gasteiger partial charge in [0.15, 0.2) is 0 Å². The van der Waals surface area contributed by atoms with Gasteiger partial charge in [-0.3, -0.25) is 4.72 Å². The molecule has 2 aromatic carbocycles. The summed E-state index contributed by atoms with van der Waals surface area (Å²) in [6, 6.07) is 9.34. The van der Waals surface area contributed by atoms with E-state index in [9.17, 15) is 16.8 Å². The molecule has 2 aromatic rings. The molecule has 0 aromatic heterocycles. The second kappa shape index (κ2) is 9.15. The molecule has 0 aliphatic rings. The molecule has 0 aliphatic carbocycles. The van der Waals surface area contributed by atoms with Gasteiger partial charge in [0.05, 0.1) is 22.1 Å². The fraction of sp³-hybridized carbons (Fsp3) is 0.400. The summed E-state index contributed by atoms with van der Waals surface area (Å²) in [4.78, 5) is 0.139. The van der Waals surface area contributed by atoms with Crippen LogP contribution in [0.3, 0.4) is 0 Å². The number of sulfonamides is 2. The predicted octanol–water partition coefficient (Wildman–Crippen LogP) is 3.53. The van der Waals surface area contributed by atoms with Crippen molar-refractivity contribution >= 4 is 25.7 Å². The van der Waals surface area contributed by atoms with Gasteiger partial charge in [-0.15, -0.1) is 0 Å². The Bertz CT molecular complexity index is 1080. The molecule has 0 radical (unpaired) electrons. The minimum Gasteiger partial charge on any atom is -0.492 e. The highest BCUT2D eigenvalue weighted by atomic mass is 32.2. The number of nitrogens with zero attached hydrogens (tertiary/aromatic N) is 1. The van der Waals surface area contributed by atoms with Gasteiger partial charge in [-0.2, -0.15) is 4.31 Å². The van der Waals surface area contributed by atoms with Crippen LogP contribution in [-0.2, 0) is 20.0 Å². The zero-order chi connectivity index (χ0) is 21.8. The van der Waals surface area contributed by atoms with Gasteiger partial charge in [-0.1, -0.05) is 26.0 Å². The van der Waals surface area contributed by atoms with E-state index in [0.29, 0.717) is 25.3 Å². The molecule has 0 saturated heterocycles. The lowest BCUT2D eigenvalue weighted by atomic mass is 10.2. The van der Waals surface area contributed by atoms with Crippen molar-refractivity contribution in [3.8, 4) is 5.75 Å². The van der Waals surface area contributed by atoms with Crippen LogP contribution < -0.4 is 9.46 Å². The summed E-state index contributed by atoms with van der Waals surface area (Å²) in [7, 11) is -7.69. The molecule has 0 spiro atoms. The fourth-order valence-electron chi connectivity index (χ4n) is 2.94. The van der Waals surface area contributed by atoms with Crippen LogP contribution in [0.5, 0.6) is 5.75 Å². The van der Waals surface area contributed by atoms with Gasteiger partial charge >= 0.3 is 0 Å². The molecule has 0 fully saturated rings. The smallest absolute Gasteiger partial charge is 0.262 e. The Balaban J connectivity index is 2.57. The van der Waals surface area contributed by atoms with E-state index in [0.717, 1.165) is 5.56 Å². The zero-order valence-corrected chi connectivity index (χ0v) is 19.0. The molecule has 0 unspecified atom stereocenters. The van der Waals surface area contributed by atoms with Crippen LogP contribution >= 0.6 is 0 Å². The lowest BCUT2D eigenvalue weighted by molar-refractivity contribution is 0.341. The van der Waals surface area contributed by atoms with Crippen LogP contribution in [0.4, 0.5) is 5.69 Å². The molecule has 0 bridgehead atoms. The van der Waals surface area contributed by atoms with Crippen LogP contribution in [0.2, 0.25) is 0 Å². The van der Waals surface area contributed by atoms with Gasteiger partial charge < -0.3 is 4.74 Å². The highest BCUT2D eigenvalue weighted by molar-refractivity contribution is 7.92. The van der Waals surface area contributed by atoms with Crippen LogP contribution in [0.1, 0.15) is 31.9 Å². The molecule has 0 saturated carbocycles. The van der Waals surface area contributed by atoms with Crippen LogP contribution in [0.15, 0.2) is 46.2 Å². The van der Waals surface area contributed by atoms with Crippen LogP contribution in [0.25, 0.3) is 0 Å². The first-order valence-corrected chi connectivity index (χ1v) is 12.4. The Morgan fingerprint density at radius 3 is 2.17 bits per heavy atom. The number of nitrogens with one attached hydrogen (secondary N) is 1. The van der Waals surface area contributed by atoms with Gasteiger partial charge in [0, 0.05) is 13.1 Å². The summed E-state index contributed by atoms with van der Waals surface area (Å²) in [6.45, 7) is 9.72. The molecule has 0 heterocycles. The summed E-state index contributed by atoms with van der Waals surface area (Å²) in [5.41, 5.74) is 1.48. The first-order valence-electron chi connectivity index (χ1n) is 9.43. The van der Waals surface area contributed by atoms with Crippen molar-refractivity contribution in [1.82, 2.24) is 4.31 Å². The van der Waals surface area contributed by atoms with Crippen molar-refractivity contribution in [3.63, 3.8) is 0 Å². The third-order valence-electron chi connectivity index (χ3n) is 4.47. The average molecular weight is 441 g/mol. The number of hydrogen-bond acceptors (Lipinski definition) is 5. The highest BCUT2D eigenvalue weighted by Crippen LogP contribution is 2.31. The molecule has 0 atom stereocenters. The van der Waals surface area contributed by atoms with Crippen molar-refractivity contribution in [2.45, 2.75) is 44.4 Å². The quantitative estimate of drug-likeness (QED) is 0.644. The van der Waals surface area contributed by atoms with Crippen molar-refractivity contribution in [2.24, 2.45) is 0 Å². The molecular formula is C20H28N2O5S2. The third-order valence-corrected chi connectivity index (χ3v) is 8.02. The average Bonchev–Trinajstić information content (AvgIpc) is 2.65. The number of ether oxygens (including phenoxy) is 1. The summed E-state index contributed by atoms with van der Waals surface area (Å²) in [5, 5.41) is 0. The normalized spacial score (nSPS) is 12.2. The van der Waals surface area contributed by atoms with Gasteiger partial charge in [0.25, 0.3) is 10.0 Å². The molecule has 2 rings (SSSR count). The van der Waals surface area contributed by atoms with Gasteiger partial charge in [-0.25, -0.2) is 16.8 Å². The Kier molecular flexibility index (Phi) is 7.31. The highest BCUT2D eigenvalue weighted by Gasteiger charge is 2.25. The molecular weight excluding hydrogens is 412 g/mol. The van der Waals surface area contributed by atoms with E-state index in [1.165, 1.54) is 22.5 Å². The number of hydrogen-bond donors (Lipinski definition) is 1. The predicted molar refractivity (Wildman–Crippen MR) is 114 cm³/mol. The lowest BCUT2D eigenvalue weighted by Crippen LogP contribution is -2.30. The van der Waals surface area contributed by atoms with Crippen molar-refractivity contribution < 1.29 is 21.6 Å². The molecule has 160 valence electrons. The fourth-order valence-corrected chi connectivity index (χ4v) is 5.82. The first kappa shape index (κ1) is 23.2. The topological polar surface area (TPSA) is 92.8 Å². The second-order valence-electron chi connectivity index (χ2n) is 6.55. The van der Waals surface area contributed by atoms with E-state index in [1.807, 2.05) is 6.07 Å². The van der Waals surface area contributed by atoms with Crippen LogP contribution in [-0.4, -0.2) is 40.8 Å². The first-order chi connectivity index (χ1) is 13.6. The molecule has 1 N–H and O–H groups in total. The van der Waals surface area contributed by atoms with E-state index in [2.05, 4.69) is 4.72 Å². The molecule has 0 aliphatic heterocycles. The molecule has 0 amide bonds. The summed E-state index contributed by atoms with van der Waals surface area (Å²) in [5.74, 6) is 0.264. The minimum atomic E-state index is -3.94. The van der Waals surface area contributed by atoms with Gasteiger partial charge in [0.1, 0.15) is 5.75 Å². The van der Waals surface area contributed by atoms with Crippen molar-refractivity contribution in [1.29, 1.82) is 0 Å². The Hall–Kier alpha value is -2.10. The molecule has 7 nitrogen and oxygen atoms in total. The van der Waals surface area contributed by atoms with E-state index in [1.54, 1.807) is 46.8 Å². The monoisotopic (exact) mass is 440 g/mol. The number of rotatable bonds is 9. The maximum absolute atomic E-state index is 13.0. The van der Waals surface area contributed by atoms with Crippen molar-refractivity contribution in [3.05, 3.63) is 47.5 Å². The minimum absolute atomic E-state index is 0.00307. The standard InChI is InChI=1S/C20H28N2O5S2/c1-6-22(7-2)29(25,26)17-11-12-19(27-8-3)18(14-17)21-28(23,24)20-13-15(4)9-10-16(20)5/h9-14,21H,6-8H2,1-5H3. The molecule has 9 heteroatoms. The van der Waals surface area contributed by atoms with Gasteiger partial charge in [0.2, 0.25) is 10.0 Å². The summed E-state index contributed by atoms with van der Waals surface area (Å²) >= 11 is 0. The zero-order valence-electron chi connectivity index (χ0n) is 17.4. The Morgan fingerprint density at radius 1 is 0.931 bits per heavy atom. The van der Waals surface area contributed by atoms with E-state index < -0.39 is 20.0 Å². The number of benzene rings is 2. The van der Waals surface area contributed by atoms with E-state index in [-0.39, 0.29) is 21.2 Å². The lowest BCUT2D eigenvalue weighted by Gasteiger charge is -2.20. The Morgan fingerprint density at radius 2 is 1.59 bits per heavy atom. The van der Waals surface area contributed by atoms with Gasteiger partial charge in [-0.05, 0) is 56.2 Å². The maximum Gasteiger partial charge on any atom is 0.262 e. The third kappa shape index (κ3) is 5.09. The molecule has 29 heavy (non-hydrogen) atoms. The van der Waals surface area contributed by atoms with Crippen molar-refractivity contribution in [2.75, 3.05) is 24.4 Å². The SMILES string of the molecule is CCOc1ccc(S(=O)(=O)N(CC)CC)cc1NS(=O)(=O)c1cc(C)ccc1C. The Labute approximate surface area is 173 Å². The second-order valence-corrected chi connectivity index (χ2v) is 10.1. The number of anilines is 1.